The molecule has 1 aromatic heterocycles. The van der Waals surface area contributed by atoms with Crippen LogP contribution in [0.3, 0.4) is 0 Å². The topological polar surface area (TPSA) is 29.9 Å². The van der Waals surface area contributed by atoms with Gasteiger partial charge < -0.3 is 5.32 Å². The molecule has 5 heteroatoms. The van der Waals surface area contributed by atoms with Gasteiger partial charge in [-0.05, 0) is 19.7 Å². The Morgan fingerprint density at radius 2 is 2.25 bits per heavy atom. The van der Waals surface area contributed by atoms with Crippen LogP contribution in [-0.4, -0.2) is 34.4 Å². The molecule has 0 spiro atoms. The summed E-state index contributed by atoms with van der Waals surface area (Å²) >= 11 is 8.17. The van der Waals surface area contributed by atoms with Gasteiger partial charge in [-0.1, -0.05) is 18.5 Å². The summed E-state index contributed by atoms with van der Waals surface area (Å²) in [5.41, 5.74) is 2.03. The SMILES string of the molecule is CCSCC(Cc1c(Cl)c(C)nn1C)NC. The predicted octanol–water partition coefficient (Wildman–Crippen LogP) is 2.27. The number of nitrogens with one attached hydrogen (secondary N) is 1. The van der Waals surface area contributed by atoms with Gasteiger partial charge in [-0.15, -0.1) is 0 Å². The van der Waals surface area contributed by atoms with Crippen molar-refractivity contribution in [2.24, 2.45) is 7.05 Å². The fourth-order valence-electron chi connectivity index (χ4n) is 1.64. The van der Waals surface area contributed by atoms with Crippen molar-refractivity contribution in [2.75, 3.05) is 18.6 Å². The van der Waals surface area contributed by atoms with E-state index in [0.29, 0.717) is 6.04 Å². The third-order valence-electron chi connectivity index (χ3n) is 2.63. The van der Waals surface area contributed by atoms with Crippen LogP contribution in [0.1, 0.15) is 18.3 Å². The molecule has 1 aromatic rings. The Hall–Kier alpha value is -0.190. The van der Waals surface area contributed by atoms with E-state index in [1.807, 2.05) is 37.5 Å². The molecule has 1 rings (SSSR count). The molecule has 3 nitrogen and oxygen atoms in total. The zero-order valence-corrected chi connectivity index (χ0v) is 12.0. The highest BCUT2D eigenvalue weighted by Gasteiger charge is 2.15. The molecule has 16 heavy (non-hydrogen) atoms. The van der Waals surface area contributed by atoms with Crippen molar-refractivity contribution in [2.45, 2.75) is 26.3 Å². The Kier molecular flexibility index (Phi) is 5.66. The number of aryl methyl sites for hydroxylation is 2. The normalized spacial score (nSPS) is 13.1. The number of thioether (sulfide) groups is 1. The van der Waals surface area contributed by atoms with Crippen molar-refractivity contribution in [3.8, 4) is 0 Å². The third kappa shape index (κ3) is 3.40. The van der Waals surface area contributed by atoms with E-state index in [0.717, 1.165) is 34.3 Å². The lowest BCUT2D eigenvalue weighted by atomic mass is 10.2. The summed E-state index contributed by atoms with van der Waals surface area (Å²) in [6, 6.07) is 0.456. The largest absolute Gasteiger partial charge is 0.316 e. The highest BCUT2D eigenvalue weighted by atomic mass is 35.5. The van der Waals surface area contributed by atoms with E-state index in [2.05, 4.69) is 17.3 Å². The monoisotopic (exact) mass is 261 g/mol. The summed E-state index contributed by atoms with van der Waals surface area (Å²) in [5, 5.41) is 8.47. The second kappa shape index (κ2) is 6.52. The second-order valence-electron chi connectivity index (χ2n) is 3.82. The quantitative estimate of drug-likeness (QED) is 0.852. The maximum atomic E-state index is 6.23. The van der Waals surface area contributed by atoms with Crippen LogP contribution >= 0.6 is 23.4 Å². The van der Waals surface area contributed by atoms with Gasteiger partial charge in [0.1, 0.15) is 0 Å². The summed E-state index contributed by atoms with van der Waals surface area (Å²) in [5.74, 6) is 2.25. The van der Waals surface area contributed by atoms with Gasteiger partial charge in [-0.3, -0.25) is 4.68 Å². The van der Waals surface area contributed by atoms with Crippen LogP contribution in [0.25, 0.3) is 0 Å². The summed E-state index contributed by atoms with van der Waals surface area (Å²) in [4.78, 5) is 0. The molecule has 0 saturated heterocycles. The third-order valence-corrected chi connectivity index (χ3v) is 4.17. The predicted molar refractivity (Wildman–Crippen MR) is 72.5 cm³/mol. The number of likely N-dealkylation sites (N-methyl/N-ethyl adjacent to an activating group) is 1. The molecule has 0 radical (unpaired) electrons. The van der Waals surface area contributed by atoms with Crippen molar-refractivity contribution in [1.82, 2.24) is 15.1 Å². The van der Waals surface area contributed by atoms with E-state index in [1.54, 1.807) is 0 Å². The van der Waals surface area contributed by atoms with E-state index in [1.165, 1.54) is 0 Å². The van der Waals surface area contributed by atoms with Crippen LogP contribution in [0, 0.1) is 6.92 Å². The number of aromatic nitrogens is 2. The highest BCUT2D eigenvalue weighted by Crippen LogP contribution is 2.21. The maximum Gasteiger partial charge on any atom is 0.0847 e. The fraction of sp³-hybridized carbons (Fsp3) is 0.727. The number of hydrogen-bond acceptors (Lipinski definition) is 3. The Morgan fingerprint density at radius 1 is 1.56 bits per heavy atom. The Labute approximate surface area is 107 Å². The van der Waals surface area contributed by atoms with Crippen LogP contribution in [-0.2, 0) is 13.5 Å². The van der Waals surface area contributed by atoms with E-state index < -0.39 is 0 Å². The molecule has 92 valence electrons. The Balaban J connectivity index is 2.69. The van der Waals surface area contributed by atoms with Gasteiger partial charge in [0.25, 0.3) is 0 Å². The molecule has 1 unspecified atom stereocenters. The van der Waals surface area contributed by atoms with E-state index >= 15 is 0 Å². The minimum atomic E-state index is 0.456. The van der Waals surface area contributed by atoms with Crippen LogP contribution in [0.4, 0.5) is 0 Å². The van der Waals surface area contributed by atoms with Crippen molar-refractivity contribution in [3.05, 3.63) is 16.4 Å². The molecule has 1 heterocycles. The Bertz CT molecular complexity index is 338. The number of nitrogens with zero attached hydrogens (tertiary/aromatic N) is 2. The van der Waals surface area contributed by atoms with Crippen LogP contribution < -0.4 is 5.32 Å². The lowest BCUT2D eigenvalue weighted by Gasteiger charge is -2.15. The number of halogens is 1. The summed E-state index contributed by atoms with van der Waals surface area (Å²) < 4.78 is 1.89. The van der Waals surface area contributed by atoms with Crippen molar-refractivity contribution in [1.29, 1.82) is 0 Å². The van der Waals surface area contributed by atoms with E-state index in [4.69, 9.17) is 11.6 Å². The van der Waals surface area contributed by atoms with E-state index in [9.17, 15) is 0 Å². The lowest BCUT2D eigenvalue weighted by molar-refractivity contribution is 0.582. The number of hydrogen-bond donors (Lipinski definition) is 1. The first-order valence-corrected chi connectivity index (χ1v) is 7.06. The van der Waals surface area contributed by atoms with Gasteiger partial charge >= 0.3 is 0 Å². The van der Waals surface area contributed by atoms with Gasteiger partial charge in [0.15, 0.2) is 0 Å². The molecule has 0 fully saturated rings. The standard InChI is InChI=1S/C11H20ClN3S/c1-5-16-7-9(13-3)6-10-11(12)8(2)14-15(10)4/h9,13H,5-7H2,1-4H3. The van der Waals surface area contributed by atoms with Crippen molar-refractivity contribution < 1.29 is 0 Å². The average molecular weight is 262 g/mol. The van der Waals surface area contributed by atoms with Gasteiger partial charge in [-0.25, -0.2) is 0 Å². The first kappa shape index (κ1) is 13.9. The van der Waals surface area contributed by atoms with Crippen LogP contribution in [0.15, 0.2) is 0 Å². The Morgan fingerprint density at radius 3 is 2.69 bits per heavy atom. The number of rotatable bonds is 6. The minimum Gasteiger partial charge on any atom is -0.316 e. The molecule has 1 N–H and O–H groups in total. The molecule has 0 aliphatic carbocycles. The van der Waals surface area contributed by atoms with E-state index in [-0.39, 0.29) is 0 Å². The van der Waals surface area contributed by atoms with Crippen molar-refractivity contribution >= 4 is 23.4 Å². The summed E-state index contributed by atoms with van der Waals surface area (Å²) in [6.07, 6.45) is 0.930. The lowest BCUT2D eigenvalue weighted by Crippen LogP contribution is -2.31. The molecule has 0 saturated carbocycles. The van der Waals surface area contributed by atoms with Crippen LogP contribution in [0.5, 0.6) is 0 Å². The first-order valence-electron chi connectivity index (χ1n) is 5.53. The summed E-state index contributed by atoms with van der Waals surface area (Å²) in [6.45, 7) is 4.12. The summed E-state index contributed by atoms with van der Waals surface area (Å²) in [7, 11) is 3.95. The zero-order chi connectivity index (χ0) is 12.1. The first-order chi connectivity index (χ1) is 7.60. The van der Waals surface area contributed by atoms with Gasteiger partial charge in [0, 0.05) is 25.3 Å². The molecule has 0 amide bonds. The fourth-order valence-corrected chi connectivity index (χ4v) is 2.68. The van der Waals surface area contributed by atoms with Crippen LogP contribution in [0.2, 0.25) is 5.02 Å². The molecule has 0 aliphatic heterocycles. The smallest absolute Gasteiger partial charge is 0.0847 e. The van der Waals surface area contributed by atoms with Crippen molar-refractivity contribution in [3.63, 3.8) is 0 Å². The molecular weight excluding hydrogens is 242 g/mol. The van der Waals surface area contributed by atoms with Gasteiger partial charge in [0.2, 0.25) is 0 Å². The highest BCUT2D eigenvalue weighted by molar-refractivity contribution is 7.99. The maximum absolute atomic E-state index is 6.23. The molecular formula is C11H20ClN3S. The molecule has 0 aromatic carbocycles. The van der Waals surface area contributed by atoms with Gasteiger partial charge in [0.05, 0.1) is 16.4 Å². The molecule has 0 aliphatic rings. The minimum absolute atomic E-state index is 0.456. The molecule has 1 atom stereocenters. The average Bonchev–Trinajstić information content (AvgIpc) is 2.50. The zero-order valence-electron chi connectivity index (χ0n) is 10.4. The second-order valence-corrected chi connectivity index (χ2v) is 5.52. The van der Waals surface area contributed by atoms with Gasteiger partial charge in [-0.2, -0.15) is 16.9 Å². The molecule has 0 bridgehead atoms.